The highest BCUT2D eigenvalue weighted by Gasteiger charge is 2.18. The summed E-state index contributed by atoms with van der Waals surface area (Å²) in [6.07, 6.45) is 2.78. The number of nitrogens with one attached hydrogen (secondary N) is 1. The summed E-state index contributed by atoms with van der Waals surface area (Å²) in [5, 5.41) is 12.9. The number of phenols is 1. The molecule has 0 saturated carbocycles. The zero-order valence-corrected chi connectivity index (χ0v) is 16.6. The molecule has 0 fully saturated rings. The molecule has 0 radical (unpaired) electrons. The van der Waals surface area contributed by atoms with Gasteiger partial charge in [0.1, 0.15) is 0 Å². The Bertz CT molecular complexity index is 880. The van der Waals surface area contributed by atoms with E-state index in [1.54, 1.807) is 37.4 Å². The number of aromatic hydroxyl groups is 1. The third-order valence-electron chi connectivity index (χ3n) is 5.21. The first-order chi connectivity index (χ1) is 14.0. The summed E-state index contributed by atoms with van der Waals surface area (Å²) < 4.78 is 5.18. The van der Waals surface area contributed by atoms with Crippen molar-refractivity contribution >= 4 is 11.8 Å². The van der Waals surface area contributed by atoms with Gasteiger partial charge in [-0.3, -0.25) is 14.5 Å². The van der Waals surface area contributed by atoms with Crippen molar-refractivity contribution in [2.45, 2.75) is 25.8 Å². The van der Waals surface area contributed by atoms with E-state index in [1.165, 1.54) is 5.56 Å². The fraction of sp³-hybridized carbons (Fsp3) is 0.364. The summed E-state index contributed by atoms with van der Waals surface area (Å²) in [5.41, 5.74) is 8.47. The number of fused-ring (bicyclic) bond motifs is 1. The maximum absolute atomic E-state index is 12.1. The van der Waals surface area contributed by atoms with Gasteiger partial charge in [-0.25, -0.2) is 0 Å². The SMILES string of the molecule is COc1cc2c(cc1O)CN(CCCCNC(=O)c1ccc(C(N)=O)cc1)CC2. The number of methoxy groups -OCH3 is 1. The van der Waals surface area contributed by atoms with Gasteiger partial charge in [0.2, 0.25) is 5.91 Å². The zero-order valence-electron chi connectivity index (χ0n) is 16.6. The molecule has 2 amide bonds. The van der Waals surface area contributed by atoms with Crippen LogP contribution in [0.5, 0.6) is 11.5 Å². The van der Waals surface area contributed by atoms with Gasteiger partial charge in [0.25, 0.3) is 5.91 Å². The zero-order chi connectivity index (χ0) is 20.8. The Labute approximate surface area is 170 Å². The number of unbranched alkanes of at least 4 members (excludes halogenated alkanes) is 1. The summed E-state index contributed by atoms with van der Waals surface area (Å²) in [5.74, 6) is 0.0425. The van der Waals surface area contributed by atoms with E-state index in [0.29, 0.717) is 23.4 Å². The standard InChI is InChI=1S/C22H27N3O4/c1-29-20-13-17-8-11-25(14-18(17)12-19(20)26)10-3-2-9-24-22(28)16-6-4-15(5-7-16)21(23)27/h4-7,12-13,26H,2-3,8-11,14H2,1H3,(H2,23,27)(H,24,28). The average Bonchev–Trinajstić information content (AvgIpc) is 2.72. The fourth-order valence-electron chi connectivity index (χ4n) is 3.54. The summed E-state index contributed by atoms with van der Waals surface area (Å²) >= 11 is 0. The maximum atomic E-state index is 12.1. The average molecular weight is 397 g/mol. The second-order valence-corrected chi connectivity index (χ2v) is 7.22. The van der Waals surface area contributed by atoms with Crippen molar-refractivity contribution in [2.24, 2.45) is 5.73 Å². The number of amides is 2. The van der Waals surface area contributed by atoms with Gasteiger partial charge in [0, 0.05) is 30.8 Å². The van der Waals surface area contributed by atoms with Crippen molar-refractivity contribution in [3.63, 3.8) is 0 Å². The van der Waals surface area contributed by atoms with Crippen molar-refractivity contribution < 1.29 is 19.4 Å². The van der Waals surface area contributed by atoms with Gasteiger partial charge < -0.3 is 20.9 Å². The highest BCUT2D eigenvalue weighted by Crippen LogP contribution is 2.32. The molecular formula is C22H27N3O4. The van der Waals surface area contributed by atoms with Crippen LogP contribution in [-0.2, 0) is 13.0 Å². The molecule has 0 bridgehead atoms. The van der Waals surface area contributed by atoms with Crippen molar-refractivity contribution in [3.05, 3.63) is 58.7 Å². The monoisotopic (exact) mass is 397 g/mol. The Morgan fingerprint density at radius 3 is 2.55 bits per heavy atom. The fourth-order valence-corrected chi connectivity index (χ4v) is 3.54. The minimum atomic E-state index is -0.508. The van der Waals surface area contributed by atoms with Gasteiger partial charge in [-0.1, -0.05) is 0 Å². The molecule has 1 heterocycles. The summed E-state index contributed by atoms with van der Waals surface area (Å²) in [6, 6.07) is 10.0. The predicted octanol–water partition coefficient (Wildman–Crippen LogP) is 2.07. The van der Waals surface area contributed by atoms with Crippen molar-refractivity contribution in [2.75, 3.05) is 26.7 Å². The number of benzene rings is 2. The normalized spacial score (nSPS) is 13.6. The first-order valence-corrected chi connectivity index (χ1v) is 9.77. The van der Waals surface area contributed by atoms with Crippen LogP contribution < -0.4 is 15.8 Å². The number of phenolic OH excluding ortho intramolecular Hbond substituents is 1. The van der Waals surface area contributed by atoms with Gasteiger partial charge >= 0.3 is 0 Å². The van der Waals surface area contributed by atoms with Gasteiger partial charge in [-0.05, 0) is 73.3 Å². The molecule has 0 saturated heterocycles. The predicted molar refractivity (Wildman–Crippen MR) is 110 cm³/mol. The molecule has 3 rings (SSSR count). The molecule has 4 N–H and O–H groups in total. The smallest absolute Gasteiger partial charge is 0.251 e. The largest absolute Gasteiger partial charge is 0.504 e. The Kier molecular flexibility index (Phi) is 6.72. The number of ether oxygens (including phenoxy) is 1. The quantitative estimate of drug-likeness (QED) is 0.592. The first-order valence-electron chi connectivity index (χ1n) is 9.77. The second-order valence-electron chi connectivity index (χ2n) is 7.22. The molecule has 0 atom stereocenters. The van der Waals surface area contributed by atoms with Crippen LogP contribution in [0.4, 0.5) is 0 Å². The molecule has 0 spiro atoms. The number of carbonyl (C=O) groups excluding carboxylic acids is 2. The number of rotatable bonds is 8. The van der Waals surface area contributed by atoms with Crippen LogP contribution in [0.1, 0.15) is 44.7 Å². The van der Waals surface area contributed by atoms with Crippen LogP contribution in [0.15, 0.2) is 36.4 Å². The number of nitrogens with zero attached hydrogens (tertiary/aromatic N) is 1. The minimum Gasteiger partial charge on any atom is -0.504 e. The summed E-state index contributed by atoms with van der Waals surface area (Å²) in [7, 11) is 1.56. The van der Waals surface area contributed by atoms with Crippen molar-refractivity contribution in [1.82, 2.24) is 10.2 Å². The van der Waals surface area contributed by atoms with Gasteiger partial charge in [-0.2, -0.15) is 0 Å². The molecule has 7 nitrogen and oxygen atoms in total. The minimum absolute atomic E-state index is 0.155. The van der Waals surface area contributed by atoms with E-state index >= 15 is 0 Å². The molecule has 0 aliphatic carbocycles. The van der Waals surface area contributed by atoms with E-state index in [9.17, 15) is 14.7 Å². The van der Waals surface area contributed by atoms with E-state index in [-0.39, 0.29) is 11.7 Å². The molecule has 0 aromatic heterocycles. The van der Waals surface area contributed by atoms with Crippen molar-refractivity contribution in [1.29, 1.82) is 0 Å². The molecule has 0 unspecified atom stereocenters. The molecule has 154 valence electrons. The first kappa shape index (κ1) is 20.7. The van der Waals surface area contributed by atoms with Gasteiger partial charge in [0.15, 0.2) is 11.5 Å². The Balaban J connectivity index is 1.39. The Morgan fingerprint density at radius 1 is 1.14 bits per heavy atom. The Hall–Kier alpha value is -3.06. The highest BCUT2D eigenvalue weighted by atomic mass is 16.5. The lowest BCUT2D eigenvalue weighted by Gasteiger charge is -2.29. The molecule has 29 heavy (non-hydrogen) atoms. The van der Waals surface area contributed by atoms with E-state index in [1.807, 2.05) is 6.07 Å². The van der Waals surface area contributed by atoms with Crippen LogP contribution in [0.2, 0.25) is 0 Å². The van der Waals surface area contributed by atoms with Crippen LogP contribution in [0.25, 0.3) is 0 Å². The number of hydrogen-bond donors (Lipinski definition) is 3. The lowest BCUT2D eigenvalue weighted by atomic mass is 9.98. The summed E-state index contributed by atoms with van der Waals surface area (Å²) in [4.78, 5) is 25.6. The molecule has 1 aliphatic rings. The van der Waals surface area contributed by atoms with E-state index in [2.05, 4.69) is 10.2 Å². The number of carbonyl (C=O) groups is 2. The van der Waals surface area contributed by atoms with E-state index in [4.69, 9.17) is 10.5 Å². The molecule has 2 aromatic carbocycles. The van der Waals surface area contributed by atoms with Crippen LogP contribution in [0.3, 0.4) is 0 Å². The van der Waals surface area contributed by atoms with E-state index < -0.39 is 5.91 Å². The molecule has 7 heteroatoms. The lowest BCUT2D eigenvalue weighted by molar-refractivity contribution is 0.0949. The van der Waals surface area contributed by atoms with Gasteiger partial charge in [-0.15, -0.1) is 0 Å². The van der Waals surface area contributed by atoms with Crippen molar-refractivity contribution in [3.8, 4) is 11.5 Å². The number of hydrogen-bond acceptors (Lipinski definition) is 5. The van der Waals surface area contributed by atoms with Gasteiger partial charge in [0.05, 0.1) is 7.11 Å². The Morgan fingerprint density at radius 2 is 1.86 bits per heavy atom. The lowest BCUT2D eigenvalue weighted by Crippen LogP contribution is -2.32. The third-order valence-corrected chi connectivity index (χ3v) is 5.21. The van der Waals surface area contributed by atoms with Crippen LogP contribution >= 0.6 is 0 Å². The number of nitrogens with two attached hydrogens (primary N) is 1. The highest BCUT2D eigenvalue weighted by molar-refractivity contribution is 5.97. The van der Waals surface area contributed by atoms with E-state index in [0.717, 1.165) is 44.5 Å². The maximum Gasteiger partial charge on any atom is 0.251 e. The second kappa shape index (κ2) is 9.43. The van der Waals surface area contributed by atoms with Crippen LogP contribution in [-0.4, -0.2) is 48.6 Å². The topological polar surface area (TPSA) is 105 Å². The van der Waals surface area contributed by atoms with Crippen LogP contribution in [0, 0.1) is 0 Å². The molecular weight excluding hydrogens is 370 g/mol. The molecule has 2 aromatic rings. The third kappa shape index (κ3) is 5.26. The summed E-state index contributed by atoms with van der Waals surface area (Å²) in [6.45, 7) is 3.32. The molecule has 1 aliphatic heterocycles. The number of primary amides is 1.